The smallest absolute Gasteiger partial charge is 0.275 e. The van der Waals surface area contributed by atoms with E-state index in [0.29, 0.717) is 23.3 Å². The molecule has 1 unspecified atom stereocenters. The van der Waals surface area contributed by atoms with Gasteiger partial charge in [-0.15, -0.1) is 0 Å². The van der Waals surface area contributed by atoms with Crippen LogP contribution in [0.1, 0.15) is 39.6 Å². The van der Waals surface area contributed by atoms with Gasteiger partial charge in [0, 0.05) is 5.54 Å². The van der Waals surface area contributed by atoms with E-state index >= 15 is 0 Å². The van der Waals surface area contributed by atoms with Crippen LogP contribution in [0.2, 0.25) is 0 Å². The molecular weight excluding hydrogens is 292 g/mol. The fourth-order valence-corrected chi connectivity index (χ4v) is 2.41. The molecule has 2 rings (SSSR count). The fourth-order valence-electron chi connectivity index (χ4n) is 2.41. The molecule has 2 aromatic rings. The number of rotatable bonds is 4. The number of nitrogens with zero attached hydrogens (tertiary/aromatic N) is 1. The van der Waals surface area contributed by atoms with Gasteiger partial charge in [-0.25, -0.2) is 4.98 Å². The molecule has 6 heteroatoms. The van der Waals surface area contributed by atoms with E-state index in [4.69, 9.17) is 0 Å². The number of carbonyl (C=O) groups excluding carboxylic acids is 1. The van der Waals surface area contributed by atoms with E-state index in [2.05, 4.69) is 15.3 Å². The van der Waals surface area contributed by atoms with Crippen molar-refractivity contribution in [1.29, 1.82) is 0 Å². The Bertz CT molecular complexity index is 761. The second kappa shape index (κ2) is 6.50. The van der Waals surface area contributed by atoms with Gasteiger partial charge in [-0.2, -0.15) is 0 Å². The summed E-state index contributed by atoms with van der Waals surface area (Å²) < 4.78 is 0. The van der Waals surface area contributed by atoms with Gasteiger partial charge in [0.25, 0.3) is 11.5 Å². The third kappa shape index (κ3) is 4.39. The lowest BCUT2D eigenvalue weighted by Crippen LogP contribution is -3.10. The molecule has 0 spiro atoms. The number of para-hydroxylation sites is 1. The first-order chi connectivity index (χ1) is 10.7. The summed E-state index contributed by atoms with van der Waals surface area (Å²) in [5.41, 5.74) is 0.269. The van der Waals surface area contributed by atoms with E-state index in [9.17, 15) is 9.59 Å². The molecule has 0 radical (unpaired) electrons. The zero-order chi connectivity index (χ0) is 17.2. The number of fused-ring (bicyclic) bond motifs is 1. The third-order valence-electron chi connectivity index (χ3n) is 3.73. The summed E-state index contributed by atoms with van der Waals surface area (Å²) >= 11 is 0. The minimum Gasteiger partial charge on any atom is -0.347 e. The maximum atomic E-state index is 12.2. The molecule has 1 aromatic carbocycles. The maximum Gasteiger partial charge on any atom is 0.275 e. The molecule has 1 heterocycles. The summed E-state index contributed by atoms with van der Waals surface area (Å²) in [5.74, 6) is 0.569. The van der Waals surface area contributed by atoms with Crippen LogP contribution in [0, 0.1) is 0 Å². The van der Waals surface area contributed by atoms with Crippen molar-refractivity contribution in [2.75, 3.05) is 13.6 Å². The number of hydrogen-bond acceptors (Lipinski definition) is 3. The molecule has 0 bridgehead atoms. The predicted octanol–water partition coefficient (Wildman–Crippen LogP) is 0.414. The predicted molar refractivity (Wildman–Crippen MR) is 90.4 cm³/mol. The Kier molecular flexibility index (Phi) is 4.85. The van der Waals surface area contributed by atoms with Crippen molar-refractivity contribution in [2.24, 2.45) is 0 Å². The SMILES string of the molecule is C[C@@H](c1nc2ccccc2c(=O)[nH]1)[NH+](C)CC(=O)NC(C)(C)C. The van der Waals surface area contributed by atoms with Crippen molar-refractivity contribution in [3.8, 4) is 0 Å². The Balaban J connectivity index is 2.18. The molecule has 0 aliphatic rings. The zero-order valence-corrected chi connectivity index (χ0v) is 14.4. The number of likely N-dealkylation sites (N-methyl/N-ethyl adjacent to an activating group) is 1. The van der Waals surface area contributed by atoms with Crippen molar-refractivity contribution in [2.45, 2.75) is 39.3 Å². The highest BCUT2D eigenvalue weighted by Crippen LogP contribution is 2.08. The van der Waals surface area contributed by atoms with Gasteiger partial charge in [-0.05, 0) is 39.8 Å². The number of quaternary nitrogens is 1. The highest BCUT2D eigenvalue weighted by atomic mass is 16.2. The van der Waals surface area contributed by atoms with E-state index in [0.717, 1.165) is 4.90 Å². The van der Waals surface area contributed by atoms with Crippen LogP contribution in [-0.2, 0) is 4.79 Å². The molecule has 6 nitrogen and oxygen atoms in total. The van der Waals surface area contributed by atoms with Gasteiger partial charge in [0.2, 0.25) is 0 Å². The Hall–Kier alpha value is -2.21. The number of nitrogens with one attached hydrogen (secondary N) is 3. The van der Waals surface area contributed by atoms with Crippen molar-refractivity contribution < 1.29 is 9.69 Å². The molecule has 0 aliphatic heterocycles. The van der Waals surface area contributed by atoms with Crippen molar-refractivity contribution >= 4 is 16.8 Å². The lowest BCUT2D eigenvalue weighted by molar-refractivity contribution is -0.903. The van der Waals surface area contributed by atoms with E-state index in [1.54, 1.807) is 6.07 Å². The molecule has 1 aromatic heterocycles. The number of benzene rings is 1. The van der Waals surface area contributed by atoms with Gasteiger partial charge >= 0.3 is 0 Å². The average molecular weight is 317 g/mol. The van der Waals surface area contributed by atoms with Crippen LogP contribution < -0.4 is 15.8 Å². The largest absolute Gasteiger partial charge is 0.347 e. The van der Waals surface area contributed by atoms with E-state index < -0.39 is 0 Å². The Morgan fingerprint density at radius 2 is 2.00 bits per heavy atom. The molecule has 0 saturated carbocycles. The molecule has 2 atom stereocenters. The summed E-state index contributed by atoms with van der Waals surface area (Å²) in [7, 11) is 1.92. The van der Waals surface area contributed by atoms with Crippen LogP contribution in [0.25, 0.3) is 10.9 Å². The van der Waals surface area contributed by atoms with Crippen LogP contribution in [0.15, 0.2) is 29.1 Å². The Morgan fingerprint density at radius 3 is 2.65 bits per heavy atom. The third-order valence-corrected chi connectivity index (χ3v) is 3.73. The Morgan fingerprint density at radius 1 is 1.35 bits per heavy atom. The fraction of sp³-hybridized carbons (Fsp3) is 0.471. The Labute approximate surface area is 135 Å². The molecule has 1 amide bonds. The van der Waals surface area contributed by atoms with E-state index in [1.807, 2.05) is 52.9 Å². The number of hydrogen-bond donors (Lipinski definition) is 3. The van der Waals surface area contributed by atoms with E-state index in [-0.39, 0.29) is 23.0 Å². The lowest BCUT2D eigenvalue weighted by atomic mass is 10.1. The zero-order valence-electron chi connectivity index (χ0n) is 14.4. The highest BCUT2D eigenvalue weighted by molar-refractivity contribution is 5.78. The highest BCUT2D eigenvalue weighted by Gasteiger charge is 2.23. The van der Waals surface area contributed by atoms with Gasteiger partial charge < -0.3 is 15.2 Å². The van der Waals surface area contributed by atoms with Crippen LogP contribution >= 0.6 is 0 Å². The minimum absolute atomic E-state index is 0.0232. The second-order valence-corrected chi connectivity index (χ2v) is 7.01. The summed E-state index contributed by atoms with van der Waals surface area (Å²) in [6.07, 6.45) is 0. The molecule has 0 aliphatic carbocycles. The summed E-state index contributed by atoms with van der Waals surface area (Å²) in [4.78, 5) is 32.5. The van der Waals surface area contributed by atoms with Gasteiger partial charge in [-0.1, -0.05) is 12.1 Å². The summed E-state index contributed by atoms with van der Waals surface area (Å²) in [6, 6.07) is 7.15. The molecule has 0 saturated heterocycles. The van der Waals surface area contributed by atoms with Crippen molar-refractivity contribution in [1.82, 2.24) is 15.3 Å². The lowest BCUT2D eigenvalue weighted by Gasteiger charge is -2.24. The van der Waals surface area contributed by atoms with E-state index in [1.165, 1.54) is 0 Å². The monoisotopic (exact) mass is 317 g/mol. The maximum absolute atomic E-state index is 12.2. The quantitative estimate of drug-likeness (QED) is 0.764. The standard InChI is InChI=1S/C17H24N4O2/c1-11(21(5)10-14(22)20-17(2,3)4)15-18-13-9-7-6-8-12(13)16(23)19-15/h6-9,11H,10H2,1-5H3,(H,20,22)(H,18,19,23)/p+1/t11-/m0/s1. The second-order valence-electron chi connectivity index (χ2n) is 7.01. The normalized spacial score (nSPS) is 14.5. The van der Waals surface area contributed by atoms with Gasteiger partial charge in [0.05, 0.1) is 18.0 Å². The number of amides is 1. The number of aromatic nitrogens is 2. The van der Waals surface area contributed by atoms with Gasteiger partial charge in [0.15, 0.2) is 12.4 Å². The van der Waals surface area contributed by atoms with Crippen LogP contribution in [0.4, 0.5) is 0 Å². The topological polar surface area (TPSA) is 79.3 Å². The molecule has 23 heavy (non-hydrogen) atoms. The van der Waals surface area contributed by atoms with Gasteiger partial charge in [0.1, 0.15) is 6.04 Å². The molecule has 3 N–H and O–H groups in total. The van der Waals surface area contributed by atoms with Crippen LogP contribution in [0.3, 0.4) is 0 Å². The van der Waals surface area contributed by atoms with Crippen molar-refractivity contribution in [3.63, 3.8) is 0 Å². The molecule has 124 valence electrons. The molecule has 0 fully saturated rings. The molecular formula is C17H25N4O2+. The number of aromatic amines is 1. The number of H-pyrrole nitrogens is 1. The summed E-state index contributed by atoms with van der Waals surface area (Å²) in [5, 5.41) is 3.52. The first-order valence-corrected chi connectivity index (χ1v) is 7.79. The summed E-state index contributed by atoms with van der Waals surface area (Å²) in [6.45, 7) is 8.12. The first-order valence-electron chi connectivity index (χ1n) is 7.79. The average Bonchev–Trinajstić information content (AvgIpc) is 2.44. The minimum atomic E-state index is -0.254. The van der Waals surface area contributed by atoms with Crippen LogP contribution in [-0.4, -0.2) is 35.0 Å². The first kappa shape index (κ1) is 17.1. The van der Waals surface area contributed by atoms with Crippen molar-refractivity contribution in [3.05, 3.63) is 40.4 Å². The number of carbonyl (C=O) groups is 1. The van der Waals surface area contributed by atoms with Crippen LogP contribution in [0.5, 0.6) is 0 Å². The van der Waals surface area contributed by atoms with Gasteiger partial charge in [-0.3, -0.25) is 9.59 Å².